The van der Waals surface area contributed by atoms with Gasteiger partial charge in [0.2, 0.25) is 6.04 Å². The molecule has 0 fully saturated rings. The van der Waals surface area contributed by atoms with Crippen molar-refractivity contribution in [3.63, 3.8) is 0 Å². The first-order valence-corrected chi connectivity index (χ1v) is 14.7. The number of hydrogen-bond donors (Lipinski definition) is 0. The SMILES string of the molecule is COCCOc1ccc(C(=O)OC2=CC=C(/C=C/C(=O)OCCCCCCOC(=O)C3=CC([N+](=O)[O-])=CC([N+](=O)[O-])C3)CC2)cc1. The number of rotatable bonds is 18. The molecule has 0 aromatic heterocycles. The van der Waals surface area contributed by atoms with Gasteiger partial charge in [-0.25, -0.2) is 14.4 Å². The van der Waals surface area contributed by atoms with Gasteiger partial charge in [0.1, 0.15) is 18.1 Å². The molecule has 1 atom stereocenters. The number of unbranched alkanes of at least 4 members (excludes halogenated alkanes) is 3. The average molecular weight is 641 g/mol. The van der Waals surface area contributed by atoms with Crippen LogP contribution < -0.4 is 4.74 Å². The molecule has 1 aromatic rings. The summed E-state index contributed by atoms with van der Waals surface area (Å²) < 4.78 is 26.2. The van der Waals surface area contributed by atoms with E-state index in [1.807, 2.05) is 0 Å². The fraction of sp³-hybridized carbons (Fsp3) is 0.406. The molecule has 0 radical (unpaired) electrons. The minimum Gasteiger partial charge on any atom is -0.491 e. The highest BCUT2D eigenvalue weighted by atomic mass is 16.6. The van der Waals surface area contributed by atoms with E-state index >= 15 is 0 Å². The molecular formula is C32H36N2O12. The Bertz CT molecular complexity index is 1420. The number of carbonyl (C=O) groups is 3. The van der Waals surface area contributed by atoms with Gasteiger partial charge in [0.25, 0.3) is 5.70 Å². The van der Waals surface area contributed by atoms with Crippen LogP contribution in [0.3, 0.4) is 0 Å². The van der Waals surface area contributed by atoms with Crippen LogP contribution in [0.2, 0.25) is 0 Å². The quantitative estimate of drug-likeness (QED) is 0.0533. The molecule has 0 saturated carbocycles. The van der Waals surface area contributed by atoms with Crippen molar-refractivity contribution in [2.24, 2.45) is 0 Å². The Balaban J connectivity index is 1.28. The molecule has 2 aliphatic carbocycles. The van der Waals surface area contributed by atoms with Crippen molar-refractivity contribution in [1.82, 2.24) is 0 Å². The molecule has 246 valence electrons. The third-order valence-electron chi connectivity index (χ3n) is 6.82. The average Bonchev–Trinajstić information content (AvgIpc) is 3.05. The van der Waals surface area contributed by atoms with Gasteiger partial charge in [-0.1, -0.05) is 12.2 Å². The molecule has 0 spiro atoms. The molecule has 0 amide bonds. The van der Waals surface area contributed by atoms with E-state index < -0.39 is 39.5 Å². The van der Waals surface area contributed by atoms with Crippen LogP contribution in [0.25, 0.3) is 0 Å². The van der Waals surface area contributed by atoms with Gasteiger partial charge < -0.3 is 23.7 Å². The van der Waals surface area contributed by atoms with E-state index in [0.717, 1.165) is 17.7 Å². The van der Waals surface area contributed by atoms with Crippen LogP contribution >= 0.6 is 0 Å². The summed E-state index contributed by atoms with van der Waals surface area (Å²) >= 11 is 0. The van der Waals surface area contributed by atoms with Crippen molar-refractivity contribution in [3.05, 3.63) is 109 Å². The van der Waals surface area contributed by atoms with Crippen LogP contribution in [0.1, 0.15) is 55.3 Å². The van der Waals surface area contributed by atoms with E-state index in [2.05, 4.69) is 0 Å². The zero-order chi connectivity index (χ0) is 33.3. The molecule has 0 heterocycles. The lowest BCUT2D eigenvalue weighted by molar-refractivity contribution is -0.511. The van der Waals surface area contributed by atoms with Crippen LogP contribution in [-0.2, 0) is 28.5 Å². The van der Waals surface area contributed by atoms with Gasteiger partial charge in [-0.05, 0) is 68.0 Å². The Morgan fingerprint density at radius 3 is 2.24 bits per heavy atom. The molecule has 1 aromatic carbocycles. The fourth-order valence-electron chi connectivity index (χ4n) is 4.34. The lowest BCUT2D eigenvalue weighted by Crippen LogP contribution is -2.25. The fourth-order valence-corrected chi connectivity index (χ4v) is 4.34. The number of nitro groups is 2. The summed E-state index contributed by atoms with van der Waals surface area (Å²) in [7, 11) is 1.59. The molecule has 14 heteroatoms. The lowest BCUT2D eigenvalue weighted by atomic mass is 9.99. The van der Waals surface area contributed by atoms with Crippen LogP contribution in [0, 0.1) is 20.2 Å². The minimum atomic E-state index is -1.35. The van der Waals surface area contributed by atoms with Crippen LogP contribution in [0.4, 0.5) is 0 Å². The Morgan fingerprint density at radius 2 is 1.61 bits per heavy atom. The van der Waals surface area contributed by atoms with E-state index in [-0.39, 0.29) is 25.2 Å². The molecule has 1 unspecified atom stereocenters. The number of hydrogen-bond acceptors (Lipinski definition) is 12. The predicted octanol–water partition coefficient (Wildman–Crippen LogP) is 4.81. The maximum atomic E-state index is 12.4. The second-order valence-corrected chi connectivity index (χ2v) is 10.3. The van der Waals surface area contributed by atoms with Crippen LogP contribution in [0.5, 0.6) is 5.75 Å². The minimum absolute atomic E-state index is 0.0576. The number of esters is 3. The van der Waals surface area contributed by atoms with Crippen molar-refractivity contribution in [2.45, 2.75) is 51.0 Å². The third kappa shape index (κ3) is 12.1. The van der Waals surface area contributed by atoms with E-state index in [1.165, 1.54) is 6.08 Å². The summed E-state index contributed by atoms with van der Waals surface area (Å²) in [6, 6.07) is 5.29. The molecule has 2 aliphatic rings. The van der Waals surface area contributed by atoms with Crippen LogP contribution in [-0.4, -0.2) is 67.3 Å². The normalized spacial score (nSPS) is 16.0. The van der Waals surface area contributed by atoms with Crippen molar-refractivity contribution in [1.29, 1.82) is 0 Å². The highest BCUT2D eigenvalue weighted by Gasteiger charge is 2.32. The van der Waals surface area contributed by atoms with E-state index in [4.69, 9.17) is 23.7 Å². The first kappa shape index (κ1) is 35.4. The summed E-state index contributed by atoms with van der Waals surface area (Å²) in [5, 5.41) is 22.0. The molecule has 46 heavy (non-hydrogen) atoms. The maximum Gasteiger partial charge on any atom is 0.343 e. The number of nitrogens with zero attached hydrogens (tertiary/aromatic N) is 2. The Morgan fingerprint density at radius 1 is 0.891 bits per heavy atom. The summed E-state index contributed by atoms with van der Waals surface area (Å²) in [5.74, 6) is -0.615. The largest absolute Gasteiger partial charge is 0.491 e. The molecule has 0 N–H and O–H groups in total. The van der Waals surface area contributed by atoms with E-state index in [0.29, 0.717) is 68.8 Å². The number of benzene rings is 1. The van der Waals surface area contributed by atoms with Crippen molar-refractivity contribution < 1.29 is 47.9 Å². The first-order chi connectivity index (χ1) is 22.2. The summed E-state index contributed by atoms with van der Waals surface area (Å²) in [5.41, 5.74) is 0.665. The standard InChI is InChI=1S/C32H36N2O12/c1-42-18-19-43-28-13-9-24(10-14-28)32(37)46-29-11-6-23(7-12-29)8-15-30(35)44-16-4-2-3-5-17-45-31(36)25-20-26(33(38)39)22-27(21-25)34(40)41/h6,8-11,13-15,20,22,27H,2-5,7,12,16-19,21H2,1H3/b15-8+. The van der Waals surface area contributed by atoms with Gasteiger partial charge in [-0.15, -0.1) is 0 Å². The Hall–Kier alpha value is -5.11. The molecular weight excluding hydrogens is 604 g/mol. The number of ether oxygens (including phenoxy) is 5. The Kier molecular flexibility index (Phi) is 14.3. The second kappa shape index (κ2) is 18.6. The monoisotopic (exact) mass is 640 g/mol. The highest BCUT2D eigenvalue weighted by molar-refractivity contribution is 5.90. The summed E-state index contributed by atoms with van der Waals surface area (Å²) in [4.78, 5) is 57.3. The zero-order valence-corrected chi connectivity index (χ0v) is 25.4. The lowest BCUT2D eigenvalue weighted by Gasteiger charge is -2.13. The maximum absolute atomic E-state index is 12.4. The van der Waals surface area contributed by atoms with Gasteiger partial charge in [-0.3, -0.25) is 20.2 Å². The van der Waals surface area contributed by atoms with Gasteiger partial charge >= 0.3 is 17.9 Å². The van der Waals surface area contributed by atoms with E-state index in [1.54, 1.807) is 49.6 Å². The van der Waals surface area contributed by atoms with Crippen LogP contribution in [0.15, 0.2) is 83.3 Å². The van der Waals surface area contributed by atoms with Crippen molar-refractivity contribution >= 4 is 17.9 Å². The molecule has 0 aliphatic heterocycles. The number of methoxy groups -OCH3 is 1. The molecule has 3 rings (SSSR count). The third-order valence-corrected chi connectivity index (χ3v) is 6.82. The van der Waals surface area contributed by atoms with Gasteiger partial charge in [0, 0.05) is 30.6 Å². The van der Waals surface area contributed by atoms with Crippen molar-refractivity contribution in [3.8, 4) is 5.75 Å². The summed E-state index contributed by atoms with van der Waals surface area (Å²) in [6.07, 6.45) is 11.7. The van der Waals surface area contributed by atoms with Gasteiger partial charge in [0.15, 0.2) is 0 Å². The highest BCUT2D eigenvalue weighted by Crippen LogP contribution is 2.23. The summed E-state index contributed by atoms with van der Waals surface area (Å²) in [6.45, 7) is 1.15. The zero-order valence-electron chi connectivity index (χ0n) is 25.4. The second-order valence-electron chi connectivity index (χ2n) is 10.3. The Labute approximate surface area is 265 Å². The molecule has 0 bridgehead atoms. The molecule has 0 saturated heterocycles. The van der Waals surface area contributed by atoms with E-state index in [9.17, 15) is 34.6 Å². The van der Waals surface area contributed by atoms with Gasteiger partial charge in [0.05, 0.1) is 48.4 Å². The topological polar surface area (TPSA) is 184 Å². The van der Waals surface area contributed by atoms with Crippen molar-refractivity contribution in [2.75, 3.05) is 33.5 Å². The first-order valence-electron chi connectivity index (χ1n) is 14.7. The van der Waals surface area contributed by atoms with Gasteiger partial charge in [-0.2, -0.15) is 0 Å². The molecule has 14 nitrogen and oxygen atoms in total. The number of allylic oxidation sites excluding steroid dienone is 6. The smallest absolute Gasteiger partial charge is 0.343 e. The number of carbonyl (C=O) groups excluding carboxylic acids is 3. The predicted molar refractivity (Wildman–Crippen MR) is 163 cm³/mol.